The van der Waals surface area contributed by atoms with Crippen LogP contribution in [0.15, 0.2) is 41.8 Å². The molecule has 80 valence electrons. The minimum Gasteiger partial charge on any atom is -0.281 e. The largest absolute Gasteiger partial charge is 0.281 e. The number of hydrogen-bond acceptors (Lipinski definition) is 3. The van der Waals surface area contributed by atoms with Gasteiger partial charge in [0.1, 0.15) is 6.33 Å². The van der Waals surface area contributed by atoms with Crippen molar-refractivity contribution in [2.24, 2.45) is 0 Å². The lowest BCUT2D eigenvalue weighted by Gasteiger charge is -2.06. The molecule has 16 heavy (non-hydrogen) atoms. The molecule has 0 aromatic carbocycles. The number of nitrogens with zero attached hydrogens (tertiary/aromatic N) is 3. The summed E-state index contributed by atoms with van der Waals surface area (Å²) >= 11 is 0. The van der Waals surface area contributed by atoms with Crippen LogP contribution in [0.3, 0.4) is 0 Å². The van der Waals surface area contributed by atoms with Crippen LogP contribution in [0.25, 0.3) is 5.69 Å². The van der Waals surface area contributed by atoms with Crippen LogP contribution in [-0.4, -0.2) is 14.5 Å². The summed E-state index contributed by atoms with van der Waals surface area (Å²) in [4.78, 5) is 19.6. The summed E-state index contributed by atoms with van der Waals surface area (Å²) in [7, 11) is 0. The monoisotopic (exact) mass is 213 g/mol. The van der Waals surface area contributed by atoms with Gasteiger partial charge in [-0.1, -0.05) is 6.07 Å². The number of pyridine rings is 1. The topological polar surface area (TPSA) is 47.8 Å². The summed E-state index contributed by atoms with van der Waals surface area (Å²) in [5.41, 5.74) is 1.90. The first-order valence-electron chi connectivity index (χ1n) is 5.32. The maximum atomic E-state index is 11.7. The highest BCUT2D eigenvalue weighted by Gasteiger charge is 2.24. The molecular formula is C12H11N3O. The number of rotatable bonds is 2. The van der Waals surface area contributed by atoms with Crippen LogP contribution < -0.4 is 5.56 Å². The predicted molar refractivity (Wildman–Crippen MR) is 59.6 cm³/mol. The highest BCUT2D eigenvalue weighted by molar-refractivity contribution is 5.29. The van der Waals surface area contributed by atoms with E-state index >= 15 is 0 Å². The average molecular weight is 213 g/mol. The van der Waals surface area contributed by atoms with E-state index in [4.69, 9.17) is 0 Å². The Labute approximate surface area is 92.6 Å². The van der Waals surface area contributed by atoms with Crippen molar-refractivity contribution in [2.45, 2.75) is 18.8 Å². The van der Waals surface area contributed by atoms with E-state index in [-0.39, 0.29) is 5.56 Å². The molecule has 1 aliphatic rings. The second-order valence-electron chi connectivity index (χ2n) is 4.04. The molecule has 0 radical (unpaired) electrons. The van der Waals surface area contributed by atoms with Crippen molar-refractivity contribution < 1.29 is 0 Å². The van der Waals surface area contributed by atoms with Gasteiger partial charge in [-0.25, -0.2) is 9.97 Å². The zero-order chi connectivity index (χ0) is 11.0. The second kappa shape index (κ2) is 3.56. The SMILES string of the molecule is O=c1ccc(C2CC2)cn1-c1cncnc1. The Hall–Kier alpha value is -1.97. The molecule has 2 aromatic rings. The molecule has 1 fully saturated rings. The third-order valence-electron chi connectivity index (χ3n) is 2.81. The molecule has 1 saturated carbocycles. The minimum absolute atomic E-state index is 0.0424. The molecule has 4 nitrogen and oxygen atoms in total. The predicted octanol–water partition coefficient (Wildman–Crippen LogP) is 1.50. The lowest BCUT2D eigenvalue weighted by Crippen LogP contribution is -2.17. The average Bonchev–Trinajstić information content (AvgIpc) is 3.15. The van der Waals surface area contributed by atoms with Crippen LogP contribution >= 0.6 is 0 Å². The quantitative estimate of drug-likeness (QED) is 0.759. The van der Waals surface area contributed by atoms with Crippen LogP contribution in [-0.2, 0) is 0 Å². The molecule has 3 rings (SSSR count). The lowest BCUT2D eigenvalue weighted by atomic mass is 10.2. The van der Waals surface area contributed by atoms with Gasteiger partial charge in [0.15, 0.2) is 0 Å². The van der Waals surface area contributed by atoms with Crippen molar-refractivity contribution in [3.05, 3.63) is 53.0 Å². The van der Waals surface area contributed by atoms with Crippen LogP contribution in [0.2, 0.25) is 0 Å². The first kappa shape index (κ1) is 9.27. The van der Waals surface area contributed by atoms with Crippen molar-refractivity contribution in [3.8, 4) is 5.69 Å². The highest BCUT2D eigenvalue weighted by atomic mass is 16.1. The summed E-state index contributed by atoms with van der Waals surface area (Å²) in [6.07, 6.45) is 9.10. The Bertz CT molecular complexity index is 558. The van der Waals surface area contributed by atoms with Crippen LogP contribution in [0.4, 0.5) is 0 Å². The van der Waals surface area contributed by atoms with E-state index in [1.165, 1.54) is 24.7 Å². The van der Waals surface area contributed by atoms with Gasteiger partial charge in [0.2, 0.25) is 0 Å². The normalized spacial score (nSPS) is 15.0. The van der Waals surface area contributed by atoms with Crippen LogP contribution in [0.1, 0.15) is 24.3 Å². The Morgan fingerprint density at radius 3 is 2.62 bits per heavy atom. The first-order valence-corrected chi connectivity index (χ1v) is 5.32. The standard InChI is InChI=1S/C12H11N3O/c16-12-4-3-10(9-1-2-9)7-15(12)11-5-13-8-14-6-11/h3-9H,1-2H2. The maximum absolute atomic E-state index is 11.7. The molecule has 0 saturated heterocycles. The number of aromatic nitrogens is 3. The van der Waals surface area contributed by atoms with Crippen molar-refractivity contribution in [1.29, 1.82) is 0 Å². The van der Waals surface area contributed by atoms with E-state index in [9.17, 15) is 4.79 Å². The van der Waals surface area contributed by atoms with Crippen molar-refractivity contribution in [3.63, 3.8) is 0 Å². The lowest BCUT2D eigenvalue weighted by molar-refractivity contribution is 0.927. The fraction of sp³-hybridized carbons (Fsp3) is 0.250. The summed E-state index contributed by atoms with van der Waals surface area (Å²) < 4.78 is 1.60. The Balaban J connectivity index is 2.12. The van der Waals surface area contributed by atoms with Crippen molar-refractivity contribution in [2.75, 3.05) is 0 Å². The molecule has 2 heterocycles. The molecule has 4 heteroatoms. The van der Waals surface area contributed by atoms with Gasteiger partial charge in [0.25, 0.3) is 5.56 Å². The van der Waals surface area contributed by atoms with Gasteiger partial charge in [-0.3, -0.25) is 9.36 Å². The zero-order valence-electron chi connectivity index (χ0n) is 8.71. The Morgan fingerprint density at radius 2 is 1.94 bits per heavy atom. The molecule has 1 aliphatic carbocycles. The zero-order valence-corrected chi connectivity index (χ0v) is 8.71. The maximum Gasteiger partial charge on any atom is 0.255 e. The summed E-state index contributed by atoms with van der Waals surface area (Å²) in [5.74, 6) is 0.636. The molecule has 0 amide bonds. The van der Waals surface area contributed by atoms with E-state index in [2.05, 4.69) is 9.97 Å². The van der Waals surface area contributed by atoms with E-state index in [1.54, 1.807) is 23.0 Å². The van der Waals surface area contributed by atoms with Crippen LogP contribution in [0.5, 0.6) is 0 Å². The van der Waals surface area contributed by atoms with Crippen molar-refractivity contribution >= 4 is 0 Å². The van der Waals surface area contributed by atoms with Gasteiger partial charge in [0.05, 0.1) is 18.1 Å². The van der Waals surface area contributed by atoms with Gasteiger partial charge < -0.3 is 0 Å². The smallest absolute Gasteiger partial charge is 0.255 e. The van der Waals surface area contributed by atoms with Gasteiger partial charge >= 0.3 is 0 Å². The fourth-order valence-electron chi connectivity index (χ4n) is 1.78. The van der Waals surface area contributed by atoms with Crippen LogP contribution in [0, 0.1) is 0 Å². The molecule has 0 aliphatic heterocycles. The van der Waals surface area contributed by atoms with E-state index in [0.717, 1.165) is 5.69 Å². The molecule has 0 bridgehead atoms. The molecule has 0 atom stereocenters. The van der Waals surface area contributed by atoms with E-state index < -0.39 is 0 Å². The molecular weight excluding hydrogens is 202 g/mol. The van der Waals surface area contributed by atoms with E-state index in [0.29, 0.717) is 5.92 Å². The number of hydrogen-bond donors (Lipinski definition) is 0. The fourth-order valence-corrected chi connectivity index (χ4v) is 1.78. The molecule has 2 aromatic heterocycles. The van der Waals surface area contributed by atoms with Gasteiger partial charge in [-0.2, -0.15) is 0 Å². The van der Waals surface area contributed by atoms with Gasteiger partial charge in [0, 0.05) is 12.3 Å². The minimum atomic E-state index is -0.0424. The second-order valence-corrected chi connectivity index (χ2v) is 4.04. The van der Waals surface area contributed by atoms with Gasteiger partial charge in [-0.05, 0) is 24.3 Å². The summed E-state index contributed by atoms with van der Waals surface area (Å²) in [6, 6.07) is 3.53. The Kier molecular flexibility index (Phi) is 2.06. The van der Waals surface area contributed by atoms with Crippen molar-refractivity contribution in [1.82, 2.24) is 14.5 Å². The first-order chi connectivity index (χ1) is 7.84. The highest BCUT2D eigenvalue weighted by Crippen LogP contribution is 2.39. The Morgan fingerprint density at radius 1 is 1.19 bits per heavy atom. The summed E-state index contributed by atoms with van der Waals surface area (Å²) in [6.45, 7) is 0. The summed E-state index contributed by atoms with van der Waals surface area (Å²) in [5, 5.41) is 0. The third-order valence-corrected chi connectivity index (χ3v) is 2.81. The molecule has 0 spiro atoms. The van der Waals surface area contributed by atoms with Gasteiger partial charge in [-0.15, -0.1) is 0 Å². The molecule has 0 unspecified atom stereocenters. The molecule has 0 N–H and O–H groups in total. The third kappa shape index (κ3) is 1.62. The van der Waals surface area contributed by atoms with E-state index in [1.807, 2.05) is 12.3 Å².